The quantitative estimate of drug-likeness (QED) is 0.733. The molecule has 2 aromatic carbocycles. The first-order chi connectivity index (χ1) is 8.97. The van der Waals surface area contributed by atoms with E-state index in [-0.39, 0.29) is 12.2 Å². The number of halogens is 4. The molecule has 1 atom stereocenters. The summed E-state index contributed by atoms with van der Waals surface area (Å²) in [6.07, 6.45) is -0.558. The molecule has 0 spiro atoms. The van der Waals surface area contributed by atoms with Gasteiger partial charge in [0.1, 0.15) is 5.82 Å². The topological polar surface area (TPSA) is 20.2 Å². The maximum atomic E-state index is 13.7. The summed E-state index contributed by atoms with van der Waals surface area (Å²) in [6.45, 7) is 0. The van der Waals surface area contributed by atoms with E-state index in [0.29, 0.717) is 25.1 Å². The Kier molecular flexibility index (Phi) is 5.01. The summed E-state index contributed by atoms with van der Waals surface area (Å²) in [4.78, 5) is 0. The van der Waals surface area contributed by atoms with Gasteiger partial charge in [0.2, 0.25) is 0 Å². The Balaban J connectivity index is 2.20. The Hall–Kier alpha value is -0.420. The summed E-state index contributed by atoms with van der Waals surface area (Å²) in [5, 5.41) is 10.7. The molecule has 1 unspecified atom stereocenters. The second kappa shape index (κ2) is 6.35. The fourth-order valence-corrected chi connectivity index (χ4v) is 2.58. The Morgan fingerprint density at radius 1 is 1.16 bits per heavy atom. The molecule has 0 aliphatic carbocycles. The van der Waals surface area contributed by atoms with Gasteiger partial charge < -0.3 is 5.11 Å². The van der Waals surface area contributed by atoms with Crippen molar-refractivity contribution in [3.05, 3.63) is 67.3 Å². The van der Waals surface area contributed by atoms with Gasteiger partial charge in [-0.2, -0.15) is 0 Å². The number of rotatable bonds is 3. The van der Waals surface area contributed by atoms with E-state index in [1.807, 2.05) is 0 Å². The maximum Gasteiger partial charge on any atom is 0.127 e. The van der Waals surface area contributed by atoms with Crippen LogP contribution in [0, 0.1) is 5.82 Å². The number of aliphatic hydroxyl groups is 1. The lowest BCUT2D eigenvalue weighted by molar-refractivity contribution is 0.177. The minimum atomic E-state index is -0.774. The Morgan fingerprint density at radius 3 is 2.53 bits per heavy atom. The zero-order valence-electron chi connectivity index (χ0n) is 9.71. The number of benzene rings is 2. The van der Waals surface area contributed by atoms with E-state index < -0.39 is 6.10 Å². The molecule has 5 heteroatoms. The van der Waals surface area contributed by atoms with Crippen molar-refractivity contribution in [2.45, 2.75) is 12.5 Å². The van der Waals surface area contributed by atoms with Gasteiger partial charge in [0.05, 0.1) is 11.1 Å². The minimum Gasteiger partial charge on any atom is -0.388 e. The van der Waals surface area contributed by atoms with Crippen LogP contribution in [-0.4, -0.2) is 5.11 Å². The first-order valence-electron chi connectivity index (χ1n) is 5.54. The van der Waals surface area contributed by atoms with Crippen molar-refractivity contribution >= 4 is 43.5 Å². The van der Waals surface area contributed by atoms with Gasteiger partial charge in [0.15, 0.2) is 0 Å². The van der Waals surface area contributed by atoms with Crippen molar-refractivity contribution in [1.29, 1.82) is 0 Å². The van der Waals surface area contributed by atoms with E-state index in [4.69, 9.17) is 11.6 Å². The predicted molar refractivity (Wildman–Crippen MR) is 81.9 cm³/mol. The maximum absolute atomic E-state index is 13.7. The molecule has 0 fully saturated rings. The molecule has 100 valence electrons. The van der Waals surface area contributed by atoms with Crippen LogP contribution in [0.1, 0.15) is 17.2 Å². The Morgan fingerprint density at radius 2 is 1.89 bits per heavy atom. The molecule has 2 rings (SSSR count). The van der Waals surface area contributed by atoms with E-state index in [1.165, 1.54) is 6.07 Å². The van der Waals surface area contributed by atoms with Crippen molar-refractivity contribution in [3.8, 4) is 0 Å². The van der Waals surface area contributed by atoms with Crippen LogP contribution < -0.4 is 0 Å². The molecule has 0 aromatic heterocycles. The van der Waals surface area contributed by atoms with Gasteiger partial charge in [-0.1, -0.05) is 39.7 Å². The van der Waals surface area contributed by atoms with Gasteiger partial charge in [-0.15, -0.1) is 0 Å². The molecule has 0 aliphatic heterocycles. The van der Waals surface area contributed by atoms with Gasteiger partial charge in [-0.25, -0.2) is 4.39 Å². The van der Waals surface area contributed by atoms with Crippen LogP contribution in [0.3, 0.4) is 0 Å². The summed E-state index contributed by atoms with van der Waals surface area (Å²) < 4.78 is 15.1. The molecular formula is C14H10Br2ClFO. The molecule has 0 saturated heterocycles. The van der Waals surface area contributed by atoms with Crippen molar-refractivity contribution in [1.82, 2.24) is 0 Å². The van der Waals surface area contributed by atoms with Crippen LogP contribution in [0.2, 0.25) is 5.02 Å². The third-order valence-corrected chi connectivity index (χ3v) is 4.46. The van der Waals surface area contributed by atoms with Crippen LogP contribution >= 0.6 is 43.5 Å². The average molecular weight is 408 g/mol. The lowest BCUT2D eigenvalue weighted by Crippen LogP contribution is -2.03. The first-order valence-corrected chi connectivity index (χ1v) is 7.50. The lowest BCUT2D eigenvalue weighted by Gasteiger charge is -2.12. The molecule has 0 aliphatic rings. The smallest absolute Gasteiger partial charge is 0.127 e. The largest absolute Gasteiger partial charge is 0.388 e. The second-order valence-corrected chi connectivity index (χ2v) is 6.31. The molecule has 0 saturated carbocycles. The van der Waals surface area contributed by atoms with Crippen LogP contribution in [0.25, 0.3) is 0 Å². The van der Waals surface area contributed by atoms with E-state index in [0.717, 1.165) is 0 Å². The normalized spacial score (nSPS) is 12.5. The predicted octanol–water partition coefficient (Wildman–Crippen LogP) is 5.28. The Labute approximate surface area is 132 Å². The summed E-state index contributed by atoms with van der Waals surface area (Å²) in [5.41, 5.74) is 1.17. The zero-order valence-corrected chi connectivity index (χ0v) is 13.6. The van der Waals surface area contributed by atoms with Gasteiger partial charge in [0.25, 0.3) is 0 Å². The van der Waals surface area contributed by atoms with Crippen LogP contribution in [-0.2, 0) is 6.42 Å². The molecule has 0 bridgehead atoms. The molecule has 19 heavy (non-hydrogen) atoms. The summed E-state index contributed by atoms with van der Waals surface area (Å²) in [7, 11) is 0. The third-order valence-electron chi connectivity index (χ3n) is 2.76. The van der Waals surface area contributed by atoms with Gasteiger partial charge in [-0.05, 0) is 51.3 Å². The van der Waals surface area contributed by atoms with Crippen molar-refractivity contribution in [2.75, 3.05) is 0 Å². The third kappa shape index (κ3) is 3.78. The molecule has 2 aromatic rings. The van der Waals surface area contributed by atoms with Crippen molar-refractivity contribution in [2.24, 2.45) is 0 Å². The molecule has 0 radical (unpaired) electrons. The van der Waals surface area contributed by atoms with E-state index in [1.54, 1.807) is 30.3 Å². The highest BCUT2D eigenvalue weighted by Crippen LogP contribution is 2.28. The molecule has 1 N–H and O–H groups in total. The summed E-state index contributed by atoms with van der Waals surface area (Å²) in [6, 6.07) is 9.97. The van der Waals surface area contributed by atoms with Gasteiger partial charge >= 0.3 is 0 Å². The number of hydrogen-bond donors (Lipinski definition) is 1. The standard InChI is InChI=1S/C14H10Br2ClFO/c15-10-3-1-8(13(18)7-10)6-14(19)9-2-4-12(17)11(16)5-9/h1-5,7,14,19H,6H2. The summed E-state index contributed by atoms with van der Waals surface area (Å²) >= 11 is 12.4. The zero-order chi connectivity index (χ0) is 14.0. The van der Waals surface area contributed by atoms with Crippen LogP contribution in [0.5, 0.6) is 0 Å². The first kappa shape index (κ1) is 15.0. The van der Waals surface area contributed by atoms with Crippen LogP contribution in [0.15, 0.2) is 45.3 Å². The van der Waals surface area contributed by atoms with Crippen LogP contribution in [0.4, 0.5) is 4.39 Å². The minimum absolute atomic E-state index is 0.215. The van der Waals surface area contributed by atoms with Gasteiger partial charge in [-0.3, -0.25) is 0 Å². The highest BCUT2D eigenvalue weighted by Gasteiger charge is 2.13. The SMILES string of the molecule is OC(Cc1ccc(Br)cc1F)c1ccc(Cl)c(Br)c1. The second-order valence-electron chi connectivity index (χ2n) is 4.13. The number of aliphatic hydroxyl groups excluding tert-OH is 1. The average Bonchev–Trinajstić information content (AvgIpc) is 2.36. The highest BCUT2D eigenvalue weighted by molar-refractivity contribution is 9.10. The summed E-state index contributed by atoms with van der Waals surface area (Å²) in [5.74, 6) is -0.332. The molecular weight excluding hydrogens is 398 g/mol. The molecule has 0 amide bonds. The number of hydrogen-bond acceptors (Lipinski definition) is 1. The Bertz CT molecular complexity index is 604. The van der Waals surface area contributed by atoms with E-state index in [2.05, 4.69) is 31.9 Å². The molecule has 0 heterocycles. The fraction of sp³-hybridized carbons (Fsp3) is 0.143. The molecule has 1 nitrogen and oxygen atoms in total. The fourth-order valence-electron chi connectivity index (χ4n) is 1.73. The lowest BCUT2D eigenvalue weighted by atomic mass is 10.0. The van der Waals surface area contributed by atoms with E-state index in [9.17, 15) is 9.50 Å². The highest BCUT2D eigenvalue weighted by atomic mass is 79.9. The van der Waals surface area contributed by atoms with Crippen molar-refractivity contribution in [3.63, 3.8) is 0 Å². The monoisotopic (exact) mass is 406 g/mol. The van der Waals surface area contributed by atoms with Crippen molar-refractivity contribution < 1.29 is 9.50 Å². The van der Waals surface area contributed by atoms with E-state index >= 15 is 0 Å². The van der Waals surface area contributed by atoms with Gasteiger partial charge in [0, 0.05) is 15.4 Å².